The first kappa shape index (κ1) is 15.4. The van der Waals surface area contributed by atoms with Crippen molar-refractivity contribution in [2.24, 2.45) is 5.92 Å². The molecule has 0 aliphatic carbocycles. The van der Waals surface area contributed by atoms with E-state index in [1.807, 2.05) is 0 Å². The fraction of sp³-hybridized carbons (Fsp3) is 0.417. The summed E-state index contributed by atoms with van der Waals surface area (Å²) in [7, 11) is -2.58. The van der Waals surface area contributed by atoms with E-state index in [-0.39, 0.29) is 23.7 Å². The van der Waals surface area contributed by atoms with E-state index < -0.39 is 27.9 Å². The predicted molar refractivity (Wildman–Crippen MR) is 70.1 cm³/mol. The number of nitrogens with zero attached hydrogens (tertiary/aromatic N) is 2. The lowest BCUT2D eigenvalue weighted by atomic mass is 10.1. The van der Waals surface area contributed by atoms with Gasteiger partial charge >= 0.3 is 11.9 Å². The molecule has 1 N–H and O–H groups in total. The fourth-order valence-electron chi connectivity index (χ4n) is 2.10. The number of hydrogen-bond acceptors (Lipinski definition) is 6. The molecule has 9 heteroatoms. The summed E-state index contributed by atoms with van der Waals surface area (Å²) in [5.41, 5.74) is -0.0946. The second-order valence-corrected chi connectivity index (χ2v) is 6.45. The molecule has 21 heavy (non-hydrogen) atoms. The van der Waals surface area contributed by atoms with Crippen LogP contribution in [0.2, 0.25) is 0 Å². The highest BCUT2D eigenvalue weighted by molar-refractivity contribution is 7.89. The number of esters is 1. The zero-order valence-corrected chi connectivity index (χ0v) is 12.0. The van der Waals surface area contributed by atoms with E-state index >= 15 is 0 Å². The molecule has 0 aromatic carbocycles. The second-order valence-electron chi connectivity index (χ2n) is 4.56. The van der Waals surface area contributed by atoms with Crippen LogP contribution < -0.4 is 0 Å². The summed E-state index contributed by atoms with van der Waals surface area (Å²) >= 11 is 0. The molecule has 1 fully saturated rings. The number of carboxylic acids is 1. The summed E-state index contributed by atoms with van der Waals surface area (Å²) in [6.07, 6.45) is 1.38. The van der Waals surface area contributed by atoms with Crippen LogP contribution in [0, 0.1) is 5.92 Å². The Morgan fingerprint density at radius 2 is 2.14 bits per heavy atom. The molecule has 1 aromatic heterocycles. The van der Waals surface area contributed by atoms with Gasteiger partial charge in [-0.05, 0) is 18.6 Å². The van der Waals surface area contributed by atoms with Crippen LogP contribution in [-0.4, -0.2) is 55.0 Å². The molecule has 1 atom stereocenters. The molecule has 1 aliphatic rings. The number of aromatic carboxylic acids is 1. The number of rotatable bonds is 4. The van der Waals surface area contributed by atoms with Crippen molar-refractivity contribution >= 4 is 22.0 Å². The molecule has 0 spiro atoms. The quantitative estimate of drug-likeness (QED) is 0.776. The highest BCUT2D eigenvalue weighted by Gasteiger charge is 2.37. The van der Waals surface area contributed by atoms with Gasteiger partial charge in [0.25, 0.3) is 10.0 Å². The Kier molecular flexibility index (Phi) is 4.24. The summed E-state index contributed by atoms with van der Waals surface area (Å²) < 4.78 is 30.4. The monoisotopic (exact) mass is 314 g/mol. The fourth-order valence-corrected chi connectivity index (χ4v) is 3.51. The molecule has 114 valence electrons. The Morgan fingerprint density at radius 1 is 1.43 bits per heavy atom. The van der Waals surface area contributed by atoms with Gasteiger partial charge in [-0.25, -0.2) is 18.2 Å². The highest BCUT2D eigenvalue weighted by atomic mass is 32.2. The minimum atomic E-state index is -3.83. The molecular formula is C12H14N2O6S. The van der Waals surface area contributed by atoms with E-state index in [0.29, 0.717) is 6.42 Å². The number of carboxylic acid groups (broad SMARTS) is 1. The average Bonchev–Trinajstić information content (AvgIpc) is 2.97. The Labute approximate surface area is 121 Å². The summed E-state index contributed by atoms with van der Waals surface area (Å²) in [5.74, 6) is -2.11. The molecule has 2 heterocycles. The van der Waals surface area contributed by atoms with Gasteiger partial charge in [-0.3, -0.25) is 4.79 Å². The zero-order chi connectivity index (χ0) is 15.6. The largest absolute Gasteiger partial charge is 0.478 e. The molecule has 0 bridgehead atoms. The van der Waals surface area contributed by atoms with Crippen LogP contribution in [-0.2, 0) is 19.6 Å². The SMILES string of the molecule is COC(=O)C1CCN(S(=O)(=O)c2ccc(C(=O)O)cn2)C1. The number of methoxy groups -OCH3 is 1. The van der Waals surface area contributed by atoms with Gasteiger partial charge in [0.05, 0.1) is 18.6 Å². The van der Waals surface area contributed by atoms with Crippen molar-refractivity contribution in [3.63, 3.8) is 0 Å². The van der Waals surface area contributed by atoms with E-state index in [1.165, 1.54) is 13.2 Å². The Bertz CT molecular complexity index is 655. The first-order valence-corrected chi connectivity index (χ1v) is 7.57. The van der Waals surface area contributed by atoms with Gasteiger partial charge in [-0.15, -0.1) is 0 Å². The van der Waals surface area contributed by atoms with Crippen molar-refractivity contribution < 1.29 is 27.9 Å². The van der Waals surface area contributed by atoms with E-state index in [2.05, 4.69) is 9.72 Å². The molecule has 1 unspecified atom stereocenters. The summed E-state index contributed by atoms with van der Waals surface area (Å²) in [6, 6.07) is 2.32. The lowest BCUT2D eigenvalue weighted by Gasteiger charge is -2.15. The number of pyridine rings is 1. The standard InChI is InChI=1S/C12H14N2O6S/c1-20-12(17)9-4-5-14(7-9)21(18,19)10-3-2-8(6-13-10)11(15)16/h2-3,6,9H,4-5,7H2,1H3,(H,15,16). The number of aromatic nitrogens is 1. The third kappa shape index (κ3) is 3.03. The topological polar surface area (TPSA) is 114 Å². The minimum absolute atomic E-state index is 0.0391. The van der Waals surface area contributed by atoms with Crippen molar-refractivity contribution in [3.05, 3.63) is 23.9 Å². The molecule has 2 rings (SSSR count). The number of hydrogen-bond donors (Lipinski definition) is 1. The molecule has 1 saturated heterocycles. The number of carbonyl (C=O) groups is 2. The first-order chi connectivity index (χ1) is 9.86. The van der Waals surface area contributed by atoms with Gasteiger partial charge in [0, 0.05) is 19.3 Å². The van der Waals surface area contributed by atoms with Crippen LogP contribution in [0.25, 0.3) is 0 Å². The van der Waals surface area contributed by atoms with Crippen molar-refractivity contribution in [1.29, 1.82) is 0 Å². The van der Waals surface area contributed by atoms with Crippen LogP contribution >= 0.6 is 0 Å². The zero-order valence-electron chi connectivity index (χ0n) is 11.2. The number of sulfonamides is 1. The van der Waals surface area contributed by atoms with Gasteiger partial charge < -0.3 is 9.84 Å². The van der Waals surface area contributed by atoms with E-state index in [0.717, 1.165) is 16.6 Å². The number of carbonyl (C=O) groups excluding carboxylic acids is 1. The van der Waals surface area contributed by atoms with E-state index in [4.69, 9.17) is 5.11 Å². The van der Waals surface area contributed by atoms with Crippen LogP contribution in [0.4, 0.5) is 0 Å². The van der Waals surface area contributed by atoms with Gasteiger partial charge in [0.2, 0.25) is 0 Å². The van der Waals surface area contributed by atoms with Gasteiger partial charge in [-0.2, -0.15) is 4.31 Å². The van der Waals surface area contributed by atoms with Crippen molar-refractivity contribution in [2.45, 2.75) is 11.4 Å². The molecule has 0 amide bonds. The van der Waals surface area contributed by atoms with Crippen LogP contribution in [0.3, 0.4) is 0 Å². The van der Waals surface area contributed by atoms with Gasteiger partial charge in [0.1, 0.15) is 0 Å². The lowest BCUT2D eigenvalue weighted by Crippen LogP contribution is -2.31. The van der Waals surface area contributed by atoms with Gasteiger partial charge in [-0.1, -0.05) is 0 Å². The molecule has 0 saturated carbocycles. The van der Waals surface area contributed by atoms with Crippen LogP contribution in [0.15, 0.2) is 23.4 Å². The Morgan fingerprint density at radius 3 is 2.67 bits per heavy atom. The molecule has 0 radical (unpaired) electrons. The summed E-state index contributed by atoms with van der Waals surface area (Å²) in [4.78, 5) is 25.8. The second kappa shape index (κ2) is 5.78. The normalized spacial score (nSPS) is 19.4. The van der Waals surface area contributed by atoms with E-state index in [9.17, 15) is 18.0 Å². The summed E-state index contributed by atoms with van der Waals surface area (Å²) in [6.45, 7) is 0.238. The highest BCUT2D eigenvalue weighted by Crippen LogP contribution is 2.24. The Hall–Kier alpha value is -2.00. The van der Waals surface area contributed by atoms with Crippen LogP contribution in [0.5, 0.6) is 0 Å². The first-order valence-electron chi connectivity index (χ1n) is 6.13. The maximum atomic E-state index is 12.3. The van der Waals surface area contributed by atoms with Gasteiger partial charge in [0.15, 0.2) is 5.03 Å². The molecule has 8 nitrogen and oxygen atoms in total. The average molecular weight is 314 g/mol. The smallest absolute Gasteiger partial charge is 0.337 e. The Balaban J connectivity index is 2.19. The predicted octanol–water partition coefficient (Wildman–Crippen LogP) is -0.0366. The third-order valence-electron chi connectivity index (χ3n) is 3.27. The molecule has 1 aliphatic heterocycles. The molecule has 1 aromatic rings. The maximum Gasteiger partial charge on any atom is 0.337 e. The van der Waals surface area contributed by atoms with Crippen LogP contribution in [0.1, 0.15) is 16.8 Å². The van der Waals surface area contributed by atoms with Crippen molar-refractivity contribution in [2.75, 3.05) is 20.2 Å². The third-order valence-corrected chi connectivity index (χ3v) is 5.05. The van der Waals surface area contributed by atoms with Crippen molar-refractivity contribution in [1.82, 2.24) is 9.29 Å². The van der Waals surface area contributed by atoms with Crippen molar-refractivity contribution in [3.8, 4) is 0 Å². The number of ether oxygens (including phenoxy) is 1. The maximum absolute atomic E-state index is 12.3. The summed E-state index contributed by atoms with van der Waals surface area (Å²) in [5, 5.41) is 8.52. The molecular weight excluding hydrogens is 300 g/mol. The lowest BCUT2D eigenvalue weighted by molar-refractivity contribution is -0.144. The minimum Gasteiger partial charge on any atom is -0.478 e. The van der Waals surface area contributed by atoms with E-state index in [1.54, 1.807) is 0 Å².